The van der Waals surface area contributed by atoms with Gasteiger partial charge in [0.15, 0.2) is 6.29 Å². The molecule has 0 unspecified atom stereocenters. The van der Waals surface area contributed by atoms with E-state index in [9.17, 15) is 0 Å². The number of aromatic nitrogens is 1. The molecule has 2 heterocycles. The average molecular weight is 410 g/mol. The molecule has 1 aromatic heterocycles. The minimum Gasteiger partial charge on any atom is -0.493 e. The standard InChI is InChI=1S/C22H23N3O3S/c1-2-5-18(6-3-1)20-16-29-22(24-20)25-23-15-17-7-9-19(10-8-17)26-14-11-21-27-12-4-13-28-21/h1-3,5-10,15-16,21H,4,11-14H2,(H,24,25). The van der Waals surface area contributed by atoms with E-state index in [1.807, 2.05) is 60.0 Å². The number of benzene rings is 2. The first-order chi connectivity index (χ1) is 14.4. The molecule has 0 radical (unpaired) electrons. The summed E-state index contributed by atoms with van der Waals surface area (Å²) in [5.74, 6) is 0.818. The van der Waals surface area contributed by atoms with Crippen LogP contribution in [0.4, 0.5) is 5.13 Å². The Labute approximate surface area is 174 Å². The number of hydrogen-bond acceptors (Lipinski definition) is 7. The molecule has 29 heavy (non-hydrogen) atoms. The van der Waals surface area contributed by atoms with Crippen LogP contribution in [0.1, 0.15) is 18.4 Å². The molecule has 2 aromatic carbocycles. The molecule has 1 saturated heterocycles. The number of anilines is 1. The summed E-state index contributed by atoms with van der Waals surface area (Å²) in [6, 6.07) is 17.9. The monoisotopic (exact) mass is 409 g/mol. The number of rotatable bonds is 8. The summed E-state index contributed by atoms with van der Waals surface area (Å²) in [6.07, 6.45) is 3.31. The molecule has 0 spiro atoms. The number of ether oxygens (including phenoxy) is 3. The van der Waals surface area contributed by atoms with Crippen molar-refractivity contribution < 1.29 is 14.2 Å². The van der Waals surface area contributed by atoms with E-state index in [-0.39, 0.29) is 6.29 Å². The van der Waals surface area contributed by atoms with Gasteiger partial charge in [-0.2, -0.15) is 5.10 Å². The van der Waals surface area contributed by atoms with E-state index < -0.39 is 0 Å². The zero-order chi connectivity index (χ0) is 19.7. The van der Waals surface area contributed by atoms with E-state index in [1.54, 1.807) is 6.21 Å². The lowest BCUT2D eigenvalue weighted by Crippen LogP contribution is -2.26. The molecule has 0 saturated carbocycles. The Hall–Kier alpha value is -2.74. The first-order valence-electron chi connectivity index (χ1n) is 9.63. The summed E-state index contributed by atoms with van der Waals surface area (Å²) in [5, 5.41) is 7.04. The highest BCUT2D eigenvalue weighted by Crippen LogP contribution is 2.24. The highest BCUT2D eigenvalue weighted by molar-refractivity contribution is 7.14. The largest absolute Gasteiger partial charge is 0.493 e. The van der Waals surface area contributed by atoms with Gasteiger partial charge in [-0.3, -0.25) is 5.43 Å². The maximum atomic E-state index is 5.75. The molecule has 1 N–H and O–H groups in total. The molecule has 150 valence electrons. The molecule has 3 aromatic rings. The fraction of sp³-hybridized carbons (Fsp3) is 0.273. The highest BCUT2D eigenvalue weighted by atomic mass is 32.1. The third-order valence-electron chi connectivity index (χ3n) is 4.35. The van der Waals surface area contributed by atoms with Gasteiger partial charge in [0.25, 0.3) is 0 Å². The summed E-state index contributed by atoms with van der Waals surface area (Å²) in [7, 11) is 0. The SMILES string of the molecule is C(=NNc1nc(-c2ccccc2)cs1)c1ccc(OCCC2OCCCO2)cc1. The van der Waals surface area contributed by atoms with Gasteiger partial charge in [0.05, 0.1) is 31.7 Å². The lowest BCUT2D eigenvalue weighted by molar-refractivity contribution is -0.183. The van der Waals surface area contributed by atoms with Crippen LogP contribution in [0.5, 0.6) is 5.75 Å². The number of nitrogens with one attached hydrogen (secondary N) is 1. The number of hydrazone groups is 1. The Kier molecular flexibility index (Phi) is 6.85. The molecule has 0 atom stereocenters. The van der Waals surface area contributed by atoms with Crippen molar-refractivity contribution in [3.8, 4) is 17.0 Å². The van der Waals surface area contributed by atoms with Crippen molar-refractivity contribution in [3.63, 3.8) is 0 Å². The number of thiazole rings is 1. The van der Waals surface area contributed by atoms with Crippen LogP contribution < -0.4 is 10.2 Å². The van der Waals surface area contributed by atoms with Crippen LogP contribution in [0, 0.1) is 0 Å². The second kappa shape index (κ2) is 10.2. The number of nitrogens with zero attached hydrogens (tertiary/aromatic N) is 2. The topological polar surface area (TPSA) is 65.0 Å². The fourth-order valence-electron chi connectivity index (χ4n) is 2.86. The summed E-state index contributed by atoms with van der Waals surface area (Å²) < 4.78 is 16.8. The van der Waals surface area contributed by atoms with Crippen molar-refractivity contribution in [2.75, 3.05) is 25.2 Å². The van der Waals surface area contributed by atoms with Crippen LogP contribution in [0.3, 0.4) is 0 Å². The van der Waals surface area contributed by atoms with Crippen LogP contribution in [0.2, 0.25) is 0 Å². The van der Waals surface area contributed by atoms with E-state index in [2.05, 4.69) is 15.5 Å². The Morgan fingerprint density at radius 3 is 2.69 bits per heavy atom. The minimum absolute atomic E-state index is 0.144. The second-order valence-corrected chi connectivity index (χ2v) is 7.36. The first-order valence-corrected chi connectivity index (χ1v) is 10.5. The fourth-order valence-corrected chi connectivity index (χ4v) is 3.52. The molecule has 7 heteroatoms. The van der Waals surface area contributed by atoms with Gasteiger partial charge in [-0.1, -0.05) is 30.3 Å². The lowest BCUT2D eigenvalue weighted by atomic mass is 10.2. The van der Waals surface area contributed by atoms with E-state index in [1.165, 1.54) is 11.3 Å². The maximum Gasteiger partial charge on any atom is 0.203 e. The summed E-state index contributed by atoms with van der Waals surface area (Å²) in [5.41, 5.74) is 6.00. The first kappa shape index (κ1) is 19.6. The van der Waals surface area contributed by atoms with Gasteiger partial charge in [-0.25, -0.2) is 4.98 Å². The van der Waals surface area contributed by atoms with Crippen molar-refractivity contribution in [2.24, 2.45) is 5.10 Å². The van der Waals surface area contributed by atoms with E-state index >= 15 is 0 Å². The van der Waals surface area contributed by atoms with Crippen molar-refractivity contribution in [1.29, 1.82) is 0 Å². The predicted octanol–water partition coefficient (Wildman–Crippen LogP) is 4.79. The Morgan fingerprint density at radius 2 is 1.90 bits per heavy atom. The van der Waals surface area contributed by atoms with Crippen molar-refractivity contribution in [1.82, 2.24) is 4.98 Å². The van der Waals surface area contributed by atoms with Gasteiger partial charge >= 0.3 is 0 Å². The molecule has 1 aliphatic rings. The third-order valence-corrected chi connectivity index (χ3v) is 5.09. The molecule has 6 nitrogen and oxygen atoms in total. The molecule has 0 aliphatic carbocycles. The van der Waals surface area contributed by atoms with E-state index in [4.69, 9.17) is 14.2 Å². The zero-order valence-corrected chi connectivity index (χ0v) is 16.8. The molecule has 1 fully saturated rings. The molecular weight excluding hydrogens is 386 g/mol. The van der Waals surface area contributed by atoms with Crippen molar-refractivity contribution in [3.05, 3.63) is 65.5 Å². The molecule has 0 amide bonds. The van der Waals surface area contributed by atoms with Gasteiger partial charge in [-0.05, 0) is 36.2 Å². The smallest absolute Gasteiger partial charge is 0.203 e. The molecular formula is C22H23N3O3S. The normalized spacial score (nSPS) is 14.9. The minimum atomic E-state index is -0.144. The molecule has 0 bridgehead atoms. The van der Waals surface area contributed by atoms with Gasteiger partial charge in [0.2, 0.25) is 5.13 Å². The van der Waals surface area contributed by atoms with Crippen LogP contribution in [-0.2, 0) is 9.47 Å². The summed E-state index contributed by atoms with van der Waals surface area (Å²) >= 11 is 1.53. The predicted molar refractivity (Wildman–Crippen MR) is 116 cm³/mol. The quantitative estimate of drug-likeness (QED) is 0.428. The van der Waals surface area contributed by atoms with E-state index in [0.29, 0.717) is 6.61 Å². The van der Waals surface area contributed by atoms with Gasteiger partial charge in [-0.15, -0.1) is 11.3 Å². The van der Waals surface area contributed by atoms with Gasteiger partial charge < -0.3 is 14.2 Å². The maximum absolute atomic E-state index is 5.75. The lowest BCUT2D eigenvalue weighted by Gasteiger charge is -2.23. The zero-order valence-electron chi connectivity index (χ0n) is 16.0. The van der Waals surface area contributed by atoms with Crippen molar-refractivity contribution >= 4 is 22.7 Å². The molecule has 1 aliphatic heterocycles. The average Bonchev–Trinajstić information content (AvgIpc) is 3.25. The van der Waals surface area contributed by atoms with Crippen LogP contribution in [0.25, 0.3) is 11.3 Å². The highest BCUT2D eigenvalue weighted by Gasteiger charge is 2.13. The van der Waals surface area contributed by atoms with Crippen LogP contribution in [-0.4, -0.2) is 37.3 Å². The van der Waals surface area contributed by atoms with E-state index in [0.717, 1.165) is 53.8 Å². The Bertz CT molecular complexity index is 907. The third kappa shape index (κ3) is 5.87. The number of hydrogen-bond donors (Lipinski definition) is 1. The van der Waals surface area contributed by atoms with Crippen molar-refractivity contribution in [2.45, 2.75) is 19.1 Å². The Balaban J connectivity index is 1.23. The van der Waals surface area contributed by atoms with Gasteiger partial charge in [0.1, 0.15) is 5.75 Å². The van der Waals surface area contributed by atoms with Gasteiger partial charge in [0, 0.05) is 17.4 Å². The van der Waals surface area contributed by atoms with Crippen LogP contribution >= 0.6 is 11.3 Å². The Morgan fingerprint density at radius 1 is 1.10 bits per heavy atom. The summed E-state index contributed by atoms with van der Waals surface area (Å²) in [4.78, 5) is 4.55. The molecule has 4 rings (SSSR count). The summed E-state index contributed by atoms with van der Waals surface area (Å²) in [6.45, 7) is 2.09. The van der Waals surface area contributed by atoms with Crippen LogP contribution in [0.15, 0.2) is 65.1 Å². The second-order valence-electron chi connectivity index (χ2n) is 6.50.